The van der Waals surface area contributed by atoms with Crippen LogP contribution < -0.4 is 5.32 Å². The van der Waals surface area contributed by atoms with Crippen molar-refractivity contribution in [3.63, 3.8) is 0 Å². The smallest absolute Gasteiger partial charge is 0.234 e. The molecule has 0 radical (unpaired) electrons. The predicted octanol–water partition coefficient (Wildman–Crippen LogP) is 4.75. The van der Waals surface area contributed by atoms with Gasteiger partial charge in [-0.05, 0) is 58.8 Å². The zero-order chi connectivity index (χ0) is 21.6. The second-order valence-corrected chi connectivity index (χ2v) is 8.79. The van der Waals surface area contributed by atoms with E-state index in [9.17, 15) is 4.79 Å². The maximum atomic E-state index is 12.6. The van der Waals surface area contributed by atoms with Crippen LogP contribution in [-0.4, -0.2) is 45.4 Å². The van der Waals surface area contributed by atoms with E-state index in [1.807, 2.05) is 13.8 Å². The third-order valence-electron chi connectivity index (χ3n) is 5.06. The lowest BCUT2D eigenvalue weighted by Crippen LogP contribution is -2.23. The molecule has 2 aromatic rings. The minimum absolute atomic E-state index is 0.0173. The summed E-state index contributed by atoms with van der Waals surface area (Å²) < 4.78 is 2.19. The van der Waals surface area contributed by atoms with E-state index >= 15 is 0 Å². The van der Waals surface area contributed by atoms with E-state index in [1.54, 1.807) is 0 Å². The maximum Gasteiger partial charge on any atom is 0.234 e. The summed E-state index contributed by atoms with van der Waals surface area (Å²) >= 11 is 1.46. The first kappa shape index (κ1) is 23.4. The van der Waals surface area contributed by atoms with Crippen LogP contribution in [0.25, 0.3) is 0 Å². The zero-order valence-electron chi connectivity index (χ0n) is 18.9. The standard InChI is InChI=1S/C22H35N5OS/c1-8-10-11-27-21(18(9-2)26(6)7)24-25-22(27)29-14-19(28)23-20-16(4)12-15(3)13-17(20)5/h12-13,18H,8-11,14H2,1-7H3,(H,23,28). The van der Waals surface area contributed by atoms with Crippen LogP contribution in [0.5, 0.6) is 0 Å². The topological polar surface area (TPSA) is 63.1 Å². The number of hydrogen-bond donors (Lipinski definition) is 1. The van der Waals surface area contributed by atoms with Crippen molar-refractivity contribution in [2.75, 3.05) is 25.2 Å². The molecule has 1 N–H and O–H groups in total. The Bertz CT molecular complexity index is 808. The van der Waals surface area contributed by atoms with E-state index in [4.69, 9.17) is 0 Å². The van der Waals surface area contributed by atoms with Gasteiger partial charge >= 0.3 is 0 Å². The van der Waals surface area contributed by atoms with Gasteiger partial charge in [-0.3, -0.25) is 9.69 Å². The van der Waals surface area contributed by atoms with Crippen molar-refractivity contribution in [2.45, 2.75) is 71.6 Å². The van der Waals surface area contributed by atoms with Gasteiger partial charge in [-0.15, -0.1) is 10.2 Å². The minimum atomic E-state index is -0.0173. The number of carbonyl (C=O) groups excluding carboxylic acids is 1. The number of nitrogens with zero attached hydrogens (tertiary/aromatic N) is 4. The second-order valence-electron chi connectivity index (χ2n) is 7.84. The van der Waals surface area contributed by atoms with Gasteiger partial charge in [0.1, 0.15) is 0 Å². The number of anilines is 1. The van der Waals surface area contributed by atoms with Crippen LogP contribution in [0.3, 0.4) is 0 Å². The molecule has 0 saturated carbocycles. The fraction of sp³-hybridized carbons (Fsp3) is 0.591. The summed E-state index contributed by atoms with van der Waals surface area (Å²) in [6, 6.07) is 4.41. The van der Waals surface area contributed by atoms with Crippen molar-refractivity contribution in [2.24, 2.45) is 0 Å². The summed E-state index contributed by atoms with van der Waals surface area (Å²) in [4.78, 5) is 14.8. The quantitative estimate of drug-likeness (QED) is 0.565. The second kappa shape index (κ2) is 10.8. The van der Waals surface area contributed by atoms with Crippen LogP contribution in [0.4, 0.5) is 5.69 Å². The molecule has 1 aromatic carbocycles. The van der Waals surface area contributed by atoms with Gasteiger partial charge in [0.05, 0.1) is 11.8 Å². The normalized spacial score (nSPS) is 12.4. The molecule has 0 fully saturated rings. The Morgan fingerprint density at radius 2 is 1.83 bits per heavy atom. The number of rotatable bonds is 10. The highest BCUT2D eigenvalue weighted by molar-refractivity contribution is 7.99. The molecule has 7 heteroatoms. The van der Waals surface area contributed by atoms with Crippen LogP contribution >= 0.6 is 11.8 Å². The van der Waals surface area contributed by atoms with Crippen molar-refractivity contribution in [1.29, 1.82) is 0 Å². The molecule has 1 unspecified atom stereocenters. The summed E-state index contributed by atoms with van der Waals surface area (Å²) in [6.07, 6.45) is 3.14. The summed E-state index contributed by atoms with van der Waals surface area (Å²) in [5.74, 6) is 1.28. The molecule has 160 valence electrons. The van der Waals surface area contributed by atoms with Gasteiger partial charge in [0.25, 0.3) is 0 Å². The van der Waals surface area contributed by atoms with Crippen molar-refractivity contribution >= 4 is 23.4 Å². The van der Waals surface area contributed by atoms with E-state index < -0.39 is 0 Å². The van der Waals surface area contributed by atoms with Crippen LogP contribution in [0.1, 0.15) is 61.7 Å². The fourth-order valence-corrected chi connectivity index (χ4v) is 4.41. The van der Waals surface area contributed by atoms with Gasteiger partial charge in [-0.1, -0.05) is 49.7 Å². The molecule has 2 rings (SSSR count). The van der Waals surface area contributed by atoms with Gasteiger partial charge in [-0.2, -0.15) is 0 Å². The van der Waals surface area contributed by atoms with Crippen LogP contribution in [0, 0.1) is 20.8 Å². The van der Waals surface area contributed by atoms with Crippen molar-refractivity contribution in [1.82, 2.24) is 19.7 Å². The molecule has 1 heterocycles. The van der Waals surface area contributed by atoms with Gasteiger partial charge in [-0.25, -0.2) is 0 Å². The number of unbranched alkanes of at least 4 members (excludes halogenated alkanes) is 1. The van der Waals surface area contributed by atoms with Crippen molar-refractivity contribution < 1.29 is 4.79 Å². The molecule has 0 saturated heterocycles. The highest BCUT2D eigenvalue weighted by Crippen LogP contribution is 2.26. The number of carbonyl (C=O) groups is 1. The number of benzene rings is 1. The average molecular weight is 418 g/mol. The molecule has 0 spiro atoms. The summed E-state index contributed by atoms with van der Waals surface area (Å²) in [7, 11) is 4.14. The molecular formula is C22H35N5OS. The molecule has 0 aliphatic rings. The average Bonchev–Trinajstić information content (AvgIpc) is 3.04. The molecule has 29 heavy (non-hydrogen) atoms. The van der Waals surface area contributed by atoms with E-state index in [1.165, 1.54) is 17.3 Å². The monoisotopic (exact) mass is 417 g/mol. The maximum absolute atomic E-state index is 12.6. The highest BCUT2D eigenvalue weighted by Gasteiger charge is 2.22. The first-order chi connectivity index (χ1) is 13.8. The summed E-state index contributed by atoms with van der Waals surface area (Å²) in [5, 5.41) is 12.8. The molecule has 0 aliphatic heterocycles. The number of aryl methyl sites for hydroxylation is 3. The molecule has 1 aromatic heterocycles. The Kier molecular flexibility index (Phi) is 8.71. The lowest BCUT2D eigenvalue weighted by molar-refractivity contribution is -0.113. The lowest BCUT2D eigenvalue weighted by Gasteiger charge is -2.23. The SMILES string of the molecule is CCCCn1c(SCC(=O)Nc2c(C)cc(C)cc2C)nnc1C(CC)N(C)C. The van der Waals surface area contributed by atoms with Gasteiger partial charge in [0, 0.05) is 12.2 Å². The van der Waals surface area contributed by atoms with Crippen molar-refractivity contribution in [3.8, 4) is 0 Å². The summed E-state index contributed by atoms with van der Waals surface area (Å²) in [6.45, 7) is 11.4. The van der Waals surface area contributed by atoms with Gasteiger partial charge < -0.3 is 9.88 Å². The Balaban J connectivity index is 2.13. The molecule has 1 atom stereocenters. The fourth-order valence-electron chi connectivity index (χ4n) is 3.64. The Morgan fingerprint density at radius 3 is 2.38 bits per heavy atom. The predicted molar refractivity (Wildman–Crippen MR) is 122 cm³/mol. The number of hydrogen-bond acceptors (Lipinski definition) is 5. The molecule has 0 bridgehead atoms. The van der Waals surface area contributed by atoms with Crippen LogP contribution in [0.2, 0.25) is 0 Å². The number of aromatic nitrogens is 3. The Morgan fingerprint density at radius 1 is 1.17 bits per heavy atom. The van der Waals surface area contributed by atoms with Crippen LogP contribution in [0.15, 0.2) is 17.3 Å². The van der Waals surface area contributed by atoms with E-state index in [-0.39, 0.29) is 11.9 Å². The zero-order valence-corrected chi connectivity index (χ0v) is 19.7. The first-order valence-corrected chi connectivity index (χ1v) is 11.4. The third kappa shape index (κ3) is 6.06. The Hall–Kier alpha value is -1.86. The number of amides is 1. The van der Waals surface area contributed by atoms with Crippen molar-refractivity contribution in [3.05, 3.63) is 34.6 Å². The summed E-state index contributed by atoms with van der Waals surface area (Å²) in [5.41, 5.74) is 4.29. The first-order valence-electron chi connectivity index (χ1n) is 10.4. The number of nitrogens with one attached hydrogen (secondary N) is 1. The van der Waals surface area contributed by atoms with Gasteiger partial charge in [0.15, 0.2) is 11.0 Å². The molecule has 6 nitrogen and oxygen atoms in total. The van der Waals surface area contributed by atoms with Gasteiger partial charge in [0.2, 0.25) is 5.91 Å². The Labute approximate surface area is 179 Å². The highest BCUT2D eigenvalue weighted by atomic mass is 32.2. The molecule has 0 aliphatic carbocycles. The number of thioether (sulfide) groups is 1. The third-order valence-corrected chi connectivity index (χ3v) is 6.03. The van der Waals surface area contributed by atoms with Crippen LogP contribution in [-0.2, 0) is 11.3 Å². The largest absolute Gasteiger partial charge is 0.325 e. The molecular weight excluding hydrogens is 382 g/mol. The minimum Gasteiger partial charge on any atom is -0.325 e. The molecule has 1 amide bonds. The van der Waals surface area contributed by atoms with E-state index in [2.05, 4.69) is 72.0 Å². The van der Waals surface area contributed by atoms with E-state index in [0.29, 0.717) is 5.75 Å². The van der Waals surface area contributed by atoms with E-state index in [0.717, 1.165) is 53.6 Å². The lowest BCUT2D eigenvalue weighted by atomic mass is 10.1.